The van der Waals surface area contributed by atoms with Crippen LogP contribution in [0.3, 0.4) is 0 Å². The molecule has 0 atom stereocenters. The summed E-state index contributed by atoms with van der Waals surface area (Å²) in [6.45, 7) is 2.13. The second kappa shape index (κ2) is 7.50. The van der Waals surface area contributed by atoms with Crippen LogP contribution in [0.25, 0.3) is 0 Å². The number of allylic oxidation sites excluding steroid dienone is 4. The second-order valence-corrected chi connectivity index (χ2v) is 5.96. The van der Waals surface area contributed by atoms with Crippen molar-refractivity contribution in [2.75, 3.05) is 0 Å². The van der Waals surface area contributed by atoms with Crippen LogP contribution >= 0.6 is 11.6 Å². The van der Waals surface area contributed by atoms with Gasteiger partial charge in [0.2, 0.25) is 0 Å². The molecule has 2 rings (SSSR count). The fraction of sp³-hybridized carbons (Fsp3) is 0.389. The lowest BCUT2D eigenvalue weighted by molar-refractivity contribution is 0.102. The molecular weight excluding hydrogens is 300 g/mol. The van der Waals surface area contributed by atoms with Gasteiger partial charge in [-0.1, -0.05) is 56.0 Å². The summed E-state index contributed by atoms with van der Waals surface area (Å²) in [4.78, 5) is 12.5. The molecular formula is C18H21ClO3. The Morgan fingerprint density at radius 3 is 2.64 bits per heavy atom. The van der Waals surface area contributed by atoms with Crippen LogP contribution < -0.4 is 0 Å². The van der Waals surface area contributed by atoms with Gasteiger partial charge in [0.15, 0.2) is 5.78 Å². The lowest BCUT2D eigenvalue weighted by Gasteiger charge is -2.13. The standard InChI is InChI=1S/C18H21ClO3/c1-2-3-4-5-10-13-11-14(19)18(22)15(17(13)21)16(20)12-8-6-7-9-12/h6-8,11,21-22H,2-5,9-10H2,1H3. The van der Waals surface area contributed by atoms with Gasteiger partial charge in [0, 0.05) is 5.57 Å². The van der Waals surface area contributed by atoms with Crippen LogP contribution in [0.2, 0.25) is 5.02 Å². The number of Topliss-reactive ketones (excluding diaryl/α,β-unsaturated/α-hetero) is 1. The maximum atomic E-state index is 12.5. The van der Waals surface area contributed by atoms with Gasteiger partial charge < -0.3 is 10.2 Å². The molecule has 22 heavy (non-hydrogen) atoms. The number of aryl methyl sites for hydroxylation is 1. The van der Waals surface area contributed by atoms with Crippen molar-refractivity contribution >= 4 is 17.4 Å². The van der Waals surface area contributed by atoms with E-state index in [-0.39, 0.29) is 27.9 Å². The smallest absolute Gasteiger partial charge is 0.196 e. The maximum absolute atomic E-state index is 12.5. The largest absolute Gasteiger partial charge is 0.507 e. The summed E-state index contributed by atoms with van der Waals surface area (Å²) in [6.07, 6.45) is 10.7. The first-order valence-corrected chi connectivity index (χ1v) is 8.07. The van der Waals surface area contributed by atoms with Crippen LogP contribution in [0.1, 0.15) is 54.9 Å². The van der Waals surface area contributed by atoms with Crippen molar-refractivity contribution < 1.29 is 15.0 Å². The van der Waals surface area contributed by atoms with E-state index in [1.165, 1.54) is 0 Å². The van der Waals surface area contributed by atoms with Crippen molar-refractivity contribution in [1.82, 2.24) is 0 Å². The Morgan fingerprint density at radius 2 is 2.00 bits per heavy atom. The van der Waals surface area contributed by atoms with Gasteiger partial charge >= 0.3 is 0 Å². The third-order valence-electron chi connectivity index (χ3n) is 3.89. The molecule has 0 saturated heterocycles. The summed E-state index contributed by atoms with van der Waals surface area (Å²) in [5, 5.41) is 20.6. The molecule has 1 aliphatic carbocycles. The van der Waals surface area contributed by atoms with E-state index in [2.05, 4.69) is 6.92 Å². The molecule has 4 heteroatoms. The first kappa shape index (κ1) is 16.6. The van der Waals surface area contributed by atoms with Crippen molar-refractivity contribution in [1.29, 1.82) is 0 Å². The highest BCUT2D eigenvalue weighted by Gasteiger charge is 2.24. The van der Waals surface area contributed by atoms with Crippen LogP contribution in [0.4, 0.5) is 0 Å². The number of carbonyl (C=O) groups is 1. The van der Waals surface area contributed by atoms with E-state index in [4.69, 9.17) is 11.6 Å². The molecule has 0 aromatic heterocycles. The van der Waals surface area contributed by atoms with Crippen molar-refractivity contribution in [3.8, 4) is 11.5 Å². The van der Waals surface area contributed by atoms with Gasteiger partial charge in [-0.2, -0.15) is 0 Å². The summed E-state index contributed by atoms with van der Waals surface area (Å²) < 4.78 is 0. The number of ketones is 1. The summed E-state index contributed by atoms with van der Waals surface area (Å²) in [7, 11) is 0. The zero-order valence-electron chi connectivity index (χ0n) is 12.7. The predicted octanol–water partition coefficient (Wildman–Crippen LogP) is 4.94. The van der Waals surface area contributed by atoms with Gasteiger partial charge in [-0.15, -0.1) is 0 Å². The van der Waals surface area contributed by atoms with Gasteiger partial charge in [0.05, 0.1) is 5.02 Å². The molecule has 0 spiro atoms. The molecule has 0 unspecified atom stereocenters. The SMILES string of the molecule is CCCCCCc1cc(Cl)c(O)c(C(=O)C2=CC=CC2)c1O. The Morgan fingerprint density at radius 1 is 1.23 bits per heavy atom. The number of phenols is 2. The van der Waals surface area contributed by atoms with Crippen molar-refractivity contribution in [2.45, 2.75) is 45.4 Å². The van der Waals surface area contributed by atoms with Crippen LogP contribution in [0.5, 0.6) is 11.5 Å². The third-order valence-corrected chi connectivity index (χ3v) is 4.18. The first-order valence-electron chi connectivity index (χ1n) is 7.70. The molecule has 1 aromatic carbocycles. The maximum Gasteiger partial charge on any atom is 0.196 e. The molecule has 118 valence electrons. The van der Waals surface area contributed by atoms with Crippen molar-refractivity contribution in [3.05, 3.63) is 46.0 Å². The molecule has 0 aliphatic heterocycles. The zero-order chi connectivity index (χ0) is 16.1. The minimum atomic E-state index is -0.364. The number of unbranched alkanes of at least 4 members (excludes halogenated alkanes) is 3. The Labute approximate surface area is 135 Å². The van der Waals surface area contributed by atoms with Crippen LogP contribution in [0, 0.1) is 0 Å². The van der Waals surface area contributed by atoms with E-state index in [9.17, 15) is 15.0 Å². The molecule has 1 aliphatic rings. The molecule has 1 aromatic rings. The lowest BCUT2D eigenvalue weighted by Crippen LogP contribution is -2.05. The van der Waals surface area contributed by atoms with Gasteiger partial charge in [0.1, 0.15) is 17.1 Å². The minimum absolute atomic E-state index is 0.0760. The monoisotopic (exact) mass is 320 g/mol. The number of rotatable bonds is 7. The molecule has 0 heterocycles. The Kier molecular flexibility index (Phi) is 5.67. The number of carbonyl (C=O) groups excluding carboxylic acids is 1. The number of benzene rings is 1. The topological polar surface area (TPSA) is 57.5 Å². The van der Waals surface area contributed by atoms with Gasteiger partial charge in [0.25, 0.3) is 0 Å². The molecule has 0 bridgehead atoms. The molecule has 0 amide bonds. The third kappa shape index (κ3) is 3.53. The number of hydrogen-bond acceptors (Lipinski definition) is 3. The Hall–Kier alpha value is -1.74. The normalized spacial score (nSPS) is 13.5. The molecule has 0 fully saturated rings. The summed E-state index contributed by atoms with van der Waals surface area (Å²) in [5.74, 6) is -0.845. The fourth-order valence-corrected chi connectivity index (χ4v) is 2.83. The highest BCUT2D eigenvalue weighted by Crippen LogP contribution is 2.39. The first-order chi connectivity index (χ1) is 10.6. The quantitative estimate of drug-likeness (QED) is 0.552. The lowest BCUT2D eigenvalue weighted by atomic mass is 9.96. The van der Waals surface area contributed by atoms with E-state index in [1.807, 2.05) is 6.08 Å². The predicted molar refractivity (Wildman–Crippen MR) is 88.8 cm³/mol. The Balaban J connectivity index is 2.28. The van der Waals surface area contributed by atoms with E-state index in [1.54, 1.807) is 18.2 Å². The van der Waals surface area contributed by atoms with Crippen LogP contribution in [0.15, 0.2) is 29.9 Å². The van der Waals surface area contributed by atoms with Crippen LogP contribution in [-0.2, 0) is 6.42 Å². The van der Waals surface area contributed by atoms with E-state index in [0.717, 1.165) is 25.7 Å². The number of halogens is 1. The molecule has 3 nitrogen and oxygen atoms in total. The van der Waals surface area contributed by atoms with Gasteiger partial charge in [-0.25, -0.2) is 0 Å². The zero-order valence-corrected chi connectivity index (χ0v) is 13.5. The van der Waals surface area contributed by atoms with Crippen LogP contribution in [-0.4, -0.2) is 16.0 Å². The van der Waals surface area contributed by atoms with E-state index >= 15 is 0 Å². The molecule has 2 N–H and O–H groups in total. The Bertz CT molecular complexity index is 630. The van der Waals surface area contributed by atoms with E-state index in [0.29, 0.717) is 24.0 Å². The fourth-order valence-electron chi connectivity index (χ4n) is 2.61. The molecule has 0 saturated carbocycles. The highest BCUT2D eigenvalue weighted by molar-refractivity contribution is 6.33. The van der Waals surface area contributed by atoms with Crippen molar-refractivity contribution in [3.63, 3.8) is 0 Å². The highest BCUT2D eigenvalue weighted by atomic mass is 35.5. The summed E-state index contributed by atoms with van der Waals surface area (Å²) in [5.41, 5.74) is 1.09. The summed E-state index contributed by atoms with van der Waals surface area (Å²) in [6, 6.07) is 1.55. The van der Waals surface area contributed by atoms with Crippen molar-refractivity contribution in [2.24, 2.45) is 0 Å². The molecule has 0 radical (unpaired) electrons. The second-order valence-electron chi connectivity index (χ2n) is 5.55. The van der Waals surface area contributed by atoms with E-state index < -0.39 is 0 Å². The minimum Gasteiger partial charge on any atom is -0.507 e. The number of aromatic hydroxyl groups is 2. The average Bonchev–Trinajstić information content (AvgIpc) is 3.03. The average molecular weight is 321 g/mol. The number of hydrogen-bond donors (Lipinski definition) is 2. The summed E-state index contributed by atoms with van der Waals surface area (Å²) >= 11 is 6.03. The number of phenolic OH excluding ortho intramolecular Hbond substituents is 2. The van der Waals surface area contributed by atoms with Gasteiger partial charge in [-0.3, -0.25) is 4.79 Å². The van der Waals surface area contributed by atoms with Gasteiger partial charge in [-0.05, 0) is 30.9 Å².